The third kappa shape index (κ3) is 7.35. The Morgan fingerprint density at radius 2 is 1.62 bits per heavy atom. The average molecular weight is 537 g/mol. The van der Waals surface area contributed by atoms with Crippen LogP contribution in [0.2, 0.25) is 0 Å². The molecular formula is C28H35F3N2O3S. The number of benzene rings is 2. The van der Waals surface area contributed by atoms with Crippen LogP contribution in [-0.4, -0.2) is 50.8 Å². The maximum atomic E-state index is 12.9. The van der Waals surface area contributed by atoms with Crippen molar-refractivity contribution in [1.29, 1.82) is 0 Å². The van der Waals surface area contributed by atoms with Gasteiger partial charge in [-0.2, -0.15) is 13.2 Å². The Morgan fingerprint density at radius 1 is 0.973 bits per heavy atom. The fourth-order valence-electron chi connectivity index (χ4n) is 5.52. The van der Waals surface area contributed by atoms with E-state index in [2.05, 4.69) is 10.2 Å². The third-order valence-corrected chi connectivity index (χ3v) is 9.54. The molecule has 1 unspecified atom stereocenters. The summed E-state index contributed by atoms with van der Waals surface area (Å²) in [4.78, 5) is 15.1. The largest absolute Gasteiger partial charge is 0.391 e. The predicted molar refractivity (Wildman–Crippen MR) is 138 cm³/mol. The molecule has 2 aromatic carbocycles. The zero-order valence-corrected chi connectivity index (χ0v) is 22.0. The van der Waals surface area contributed by atoms with Crippen molar-refractivity contribution in [2.45, 2.75) is 62.4 Å². The molecule has 1 aliphatic heterocycles. The number of hydrogen-bond donors (Lipinski definition) is 1. The van der Waals surface area contributed by atoms with Crippen molar-refractivity contribution in [1.82, 2.24) is 4.90 Å². The molecular weight excluding hydrogens is 501 g/mol. The van der Waals surface area contributed by atoms with E-state index >= 15 is 0 Å². The summed E-state index contributed by atoms with van der Waals surface area (Å²) in [5.41, 5.74) is 2.64. The third-order valence-electron chi connectivity index (χ3n) is 7.79. The second-order valence-corrected chi connectivity index (χ2v) is 12.7. The number of carbonyl (C=O) groups is 1. The molecule has 2 fully saturated rings. The van der Waals surface area contributed by atoms with E-state index < -0.39 is 21.9 Å². The monoisotopic (exact) mass is 536 g/mol. The fourth-order valence-corrected chi connectivity index (χ4v) is 6.40. The van der Waals surface area contributed by atoms with Crippen molar-refractivity contribution >= 4 is 21.4 Å². The Kier molecular flexibility index (Phi) is 8.63. The molecule has 1 heterocycles. The lowest BCUT2D eigenvalue weighted by atomic mass is 9.81. The zero-order chi connectivity index (χ0) is 26.6. The van der Waals surface area contributed by atoms with Crippen LogP contribution in [0.25, 0.3) is 0 Å². The van der Waals surface area contributed by atoms with Gasteiger partial charge in [-0.1, -0.05) is 31.2 Å². The molecule has 202 valence electrons. The highest BCUT2D eigenvalue weighted by molar-refractivity contribution is 7.91. The van der Waals surface area contributed by atoms with E-state index in [1.54, 1.807) is 19.1 Å². The van der Waals surface area contributed by atoms with Gasteiger partial charge < -0.3 is 10.2 Å². The molecule has 1 N–H and O–H groups in total. The lowest BCUT2D eigenvalue weighted by molar-refractivity contribution is -0.184. The first-order chi connectivity index (χ1) is 17.5. The van der Waals surface area contributed by atoms with Crippen molar-refractivity contribution in [2.75, 3.05) is 30.7 Å². The summed E-state index contributed by atoms with van der Waals surface area (Å²) in [6.45, 7) is 4.34. The van der Waals surface area contributed by atoms with E-state index in [-0.39, 0.29) is 35.8 Å². The van der Waals surface area contributed by atoms with Gasteiger partial charge in [0.15, 0.2) is 9.84 Å². The van der Waals surface area contributed by atoms with Gasteiger partial charge in [0.25, 0.3) is 0 Å². The van der Waals surface area contributed by atoms with E-state index in [0.717, 1.165) is 31.6 Å². The van der Waals surface area contributed by atoms with Gasteiger partial charge in [-0.05, 0) is 85.9 Å². The van der Waals surface area contributed by atoms with Gasteiger partial charge in [-0.25, -0.2) is 8.42 Å². The van der Waals surface area contributed by atoms with Gasteiger partial charge in [0.05, 0.1) is 23.0 Å². The van der Waals surface area contributed by atoms with Crippen molar-refractivity contribution in [3.8, 4) is 0 Å². The summed E-state index contributed by atoms with van der Waals surface area (Å²) in [5, 5.41) is 2.89. The SMILES string of the molecule is CCS(=O)(=O)c1ccc(CC(=O)Nc2ccc(C3CCN(CC4CCC(C(F)(F)F)CC4)C3)cc2)cc1. The molecule has 5 nitrogen and oxygen atoms in total. The van der Waals surface area contributed by atoms with E-state index in [1.165, 1.54) is 17.7 Å². The van der Waals surface area contributed by atoms with Crippen LogP contribution in [0.4, 0.5) is 18.9 Å². The number of amides is 1. The van der Waals surface area contributed by atoms with E-state index in [1.807, 2.05) is 24.3 Å². The molecule has 37 heavy (non-hydrogen) atoms. The van der Waals surface area contributed by atoms with Crippen molar-refractivity contribution < 1.29 is 26.4 Å². The maximum Gasteiger partial charge on any atom is 0.391 e. The Morgan fingerprint density at radius 3 is 2.22 bits per heavy atom. The molecule has 0 aromatic heterocycles. The standard InChI is InChI=1S/C28H35F3N2O3S/c1-2-37(35,36)26-13-5-20(6-14-26)17-27(34)32-25-11-7-22(8-12-25)23-15-16-33(19-23)18-21-3-9-24(10-4-21)28(29,30)31/h5-8,11-14,21,23-24H,2-4,9-10,15-19H2,1H3,(H,32,34). The Balaban J connectivity index is 1.23. The number of carbonyl (C=O) groups excluding carboxylic acids is 1. The highest BCUT2D eigenvalue weighted by Crippen LogP contribution is 2.40. The summed E-state index contributed by atoms with van der Waals surface area (Å²) in [6.07, 6.45) is -1.07. The van der Waals surface area contributed by atoms with Crippen LogP contribution < -0.4 is 5.32 Å². The van der Waals surface area contributed by atoms with Crippen molar-refractivity contribution in [3.63, 3.8) is 0 Å². The predicted octanol–water partition coefficient (Wildman–Crippen LogP) is 5.82. The summed E-state index contributed by atoms with van der Waals surface area (Å²) < 4.78 is 62.6. The van der Waals surface area contributed by atoms with Crippen LogP contribution >= 0.6 is 0 Å². The molecule has 2 aromatic rings. The highest BCUT2D eigenvalue weighted by Gasteiger charge is 2.41. The van der Waals surface area contributed by atoms with Crippen LogP contribution in [-0.2, 0) is 21.1 Å². The first-order valence-corrected chi connectivity index (χ1v) is 14.7. The Labute approximate surface area is 217 Å². The number of nitrogens with one attached hydrogen (secondary N) is 1. The van der Waals surface area contributed by atoms with Crippen LogP contribution in [0.1, 0.15) is 56.1 Å². The van der Waals surface area contributed by atoms with Gasteiger partial charge in [-0.15, -0.1) is 0 Å². The van der Waals surface area contributed by atoms with E-state index in [4.69, 9.17) is 0 Å². The highest BCUT2D eigenvalue weighted by atomic mass is 32.2. The first-order valence-electron chi connectivity index (χ1n) is 13.0. The number of alkyl halides is 3. The lowest BCUT2D eigenvalue weighted by Gasteiger charge is -2.32. The van der Waals surface area contributed by atoms with Gasteiger partial charge >= 0.3 is 6.18 Å². The number of halogens is 3. The second-order valence-electron chi connectivity index (χ2n) is 10.4. The van der Waals surface area contributed by atoms with E-state index in [0.29, 0.717) is 30.4 Å². The van der Waals surface area contributed by atoms with Crippen LogP contribution in [0, 0.1) is 11.8 Å². The first kappa shape index (κ1) is 27.6. The van der Waals surface area contributed by atoms with Crippen molar-refractivity contribution in [3.05, 3.63) is 59.7 Å². The number of hydrogen-bond acceptors (Lipinski definition) is 4. The van der Waals surface area contributed by atoms with Gasteiger partial charge in [-0.3, -0.25) is 4.79 Å². The molecule has 1 atom stereocenters. The van der Waals surface area contributed by atoms with Gasteiger partial charge in [0.1, 0.15) is 0 Å². The molecule has 0 radical (unpaired) electrons. The molecule has 1 amide bonds. The molecule has 1 aliphatic carbocycles. The number of likely N-dealkylation sites (tertiary alicyclic amines) is 1. The summed E-state index contributed by atoms with van der Waals surface area (Å²) in [6, 6.07) is 14.3. The maximum absolute atomic E-state index is 12.9. The summed E-state index contributed by atoms with van der Waals surface area (Å²) in [5.74, 6) is -0.532. The molecule has 4 rings (SSSR count). The minimum absolute atomic E-state index is 0.0357. The Hall–Kier alpha value is -2.39. The second kappa shape index (κ2) is 11.6. The normalized spacial score (nSPS) is 23.2. The fraction of sp³-hybridized carbons (Fsp3) is 0.536. The number of sulfone groups is 1. The van der Waals surface area contributed by atoms with Gasteiger partial charge in [0, 0.05) is 18.8 Å². The number of nitrogens with zero attached hydrogens (tertiary/aromatic N) is 1. The lowest BCUT2D eigenvalue weighted by Crippen LogP contribution is -2.33. The molecule has 0 bridgehead atoms. The molecule has 1 saturated heterocycles. The molecule has 2 aliphatic rings. The van der Waals surface area contributed by atoms with E-state index in [9.17, 15) is 26.4 Å². The quantitative estimate of drug-likeness (QED) is 0.462. The average Bonchev–Trinajstić information content (AvgIpc) is 3.33. The number of rotatable bonds is 8. The summed E-state index contributed by atoms with van der Waals surface area (Å²) >= 11 is 0. The van der Waals surface area contributed by atoms with Crippen LogP contribution in [0.3, 0.4) is 0 Å². The smallest absolute Gasteiger partial charge is 0.326 e. The number of anilines is 1. The molecule has 0 spiro atoms. The summed E-state index contributed by atoms with van der Waals surface area (Å²) in [7, 11) is -3.26. The molecule has 1 saturated carbocycles. The zero-order valence-electron chi connectivity index (χ0n) is 21.1. The minimum Gasteiger partial charge on any atom is -0.326 e. The topological polar surface area (TPSA) is 66.5 Å². The minimum atomic E-state index is -4.05. The Bertz CT molecular complexity index is 1160. The molecule has 9 heteroatoms. The van der Waals surface area contributed by atoms with Gasteiger partial charge in [0.2, 0.25) is 5.91 Å². The van der Waals surface area contributed by atoms with Crippen molar-refractivity contribution in [2.24, 2.45) is 11.8 Å². The van der Waals surface area contributed by atoms with Crippen LogP contribution in [0.15, 0.2) is 53.4 Å². The van der Waals surface area contributed by atoms with Crippen LogP contribution in [0.5, 0.6) is 0 Å².